The van der Waals surface area contributed by atoms with E-state index in [1.807, 2.05) is 24.3 Å². The Balaban J connectivity index is 1.80. The number of rotatable bonds is 18. The fourth-order valence-electron chi connectivity index (χ4n) is 4.79. The molecule has 0 bridgehead atoms. The van der Waals surface area contributed by atoms with Gasteiger partial charge in [-0.05, 0) is 42.5 Å². The monoisotopic (exact) mass is 668 g/mol. The van der Waals surface area contributed by atoms with Gasteiger partial charge in [0.2, 0.25) is 23.6 Å². The summed E-state index contributed by atoms with van der Waals surface area (Å²) in [7, 11) is 0. The maximum Gasteiger partial charge on any atom is 0.326 e. The van der Waals surface area contributed by atoms with Crippen molar-refractivity contribution >= 4 is 58.2 Å². The van der Waals surface area contributed by atoms with Crippen molar-refractivity contribution in [2.24, 2.45) is 5.73 Å². The second kappa shape index (κ2) is 17.7. The van der Waals surface area contributed by atoms with Gasteiger partial charge in [-0.25, -0.2) is 4.79 Å². The molecule has 9 N–H and O–H groups in total. The van der Waals surface area contributed by atoms with Crippen molar-refractivity contribution in [3.8, 4) is 0 Å². The molecule has 0 unspecified atom stereocenters. The summed E-state index contributed by atoms with van der Waals surface area (Å²) in [6.45, 7) is 1.47. The first-order chi connectivity index (χ1) is 22.4. The van der Waals surface area contributed by atoms with Crippen LogP contribution in [0.2, 0.25) is 0 Å². The summed E-state index contributed by atoms with van der Waals surface area (Å²) in [5, 5.41) is 30.0. The lowest BCUT2D eigenvalue weighted by Crippen LogP contribution is -2.59. The van der Waals surface area contributed by atoms with Crippen LogP contribution in [-0.4, -0.2) is 93.0 Å². The number of carbonyl (C=O) groups excluding carboxylic acids is 4. The molecule has 0 saturated carbocycles. The number of aromatic nitrogens is 1. The second-order valence-electron chi connectivity index (χ2n) is 11.0. The molecule has 3 rings (SSSR count). The number of thioether (sulfide) groups is 1. The summed E-state index contributed by atoms with van der Waals surface area (Å²) in [5.41, 5.74) is 7.93. The van der Waals surface area contributed by atoms with Crippen molar-refractivity contribution in [2.75, 3.05) is 12.0 Å². The molecule has 1 heterocycles. The third-order valence-electron chi connectivity index (χ3n) is 7.30. The highest BCUT2D eigenvalue weighted by molar-refractivity contribution is 7.98. The molecule has 15 heteroatoms. The van der Waals surface area contributed by atoms with Crippen LogP contribution >= 0.6 is 11.8 Å². The number of H-pyrrole nitrogens is 1. The third-order valence-corrected chi connectivity index (χ3v) is 7.94. The zero-order valence-corrected chi connectivity index (χ0v) is 26.8. The number of aromatic amines is 1. The number of hydrogen-bond donors (Lipinski definition) is 8. The van der Waals surface area contributed by atoms with Gasteiger partial charge in [-0.2, -0.15) is 11.8 Å². The van der Waals surface area contributed by atoms with E-state index in [2.05, 4.69) is 26.3 Å². The maximum atomic E-state index is 13.6. The molecule has 0 radical (unpaired) electrons. The number of hydrogen-bond acceptors (Lipinski definition) is 8. The number of para-hydroxylation sites is 1. The predicted molar refractivity (Wildman–Crippen MR) is 176 cm³/mol. The molecule has 252 valence electrons. The number of carboxylic acids is 2. The van der Waals surface area contributed by atoms with E-state index in [1.165, 1.54) is 18.7 Å². The average molecular weight is 669 g/mol. The highest BCUT2D eigenvalue weighted by Crippen LogP contribution is 2.19. The normalized spacial score (nSPS) is 14.2. The lowest BCUT2D eigenvalue weighted by molar-refractivity contribution is -0.143. The number of amides is 4. The summed E-state index contributed by atoms with van der Waals surface area (Å²) >= 11 is 1.39. The van der Waals surface area contributed by atoms with Crippen molar-refractivity contribution in [1.29, 1.82) is 0 Å². The Morgan fingerprint density at radius 1 is 0.766 bits per heavy atom. The molecule has 14 nitrogen and oxygen atoms in total. The van der Waals surface area contributed by atoms with E-state index in [1.54, 1.807) is 42.8 Å². The maximum absolute atomic E-state index is 13.6. The van der Waals surface area contributed by atoms with Crippen LogP contribution in [0, 0.1) is 0 Å². The van der Waals surface area contributed by atoms with E-state index >= 15 is 0 Å². The molecule has 0 spiro atoms. The molecule has 5 atom stereocenters. The molecule has 47 heavy (non-hydrogen) atoms. The molecule has 3 aromatic rings. The molecule has 0 fully saturated rings. The number of nitrogens with one attached hydrogen (secondary N) is 5. The van der Waals surface area contributed by atoms with Gasteiger partial charge in [0.05, 0.1) is 12.5 Å². The molecule has 0 aliphatic carbocycles. The smallest absolute Gasteiger partial charge is 0.326 e. The topological polar surface area (TPSA) is 233 Å². The quantitative estimate of drug-likeness (QED) is 0.0938. The predicted octanol–water partition coefficient (Wildman–Crippen LogP) is 0.552. The molecule has 2 aromatic carbocycles. The number of benzene rings is 2. The molecular formula is C32H40N6O8S. The van der Waals surface area contributed by atoms with E-state index in [0.29, 0.717) is 11.3 Å². The average Bonchev–Trinajstić information content (AvgIpc) is 3.44. The molecular weight excluding hydrogens is 628 g/mol. The number of nitrogens with two attached hydrogens (primary N) is 1. The molecule has 0 aliphatic heterocycles. The van der Waals surface area contributed by atoms with E-state index in [4.69, 9.17) is 5.73 Å². The van der Waals surface area contributed by atoms with Crippen LogP contribution in [-0.2, 0) is 41.6 Å². The van der Waals surface area contributed by atoms with Crippen molar-refractivity contribution in [2.45, 2.75) is 62.8 Å². The van der Waals surface area contributed by atoms with Crippen molar-refractivity contribution in [3.63, 3.8) is 0 Å². The summed E-state index contributed by atoms with van der Waals surface area (Å²) in [5.74, 6) is -5.50. The van der Waals surface area contributed by atoms with Gasteiger partial charge in [0.15, 0.2) is 0 Å². The summed E-state index contributed by atoms with van der Waals surface area (Å²) < 4.78 is 0. The molecule has 4 amide bonds. The number of fused-ring (bicyclic) bond motifs is 1. The van der Waals surface area contributed by atoms with Crippen LogP contribution in [0.15, 0.2) is 60.8 Å². The minimum Gasteiger partial charge on any atom is -0.481 e. The van der Waals surface area contributed by atoms with Crippen LogP contribution < -0.4 is 27.0 Å². The van der Waals surface area contributed by atoms with Crippen LogP contribution in [0.1, 0.15) is 30.9 Å². The van der Waals surface area contributed by atoms with Gasteiger partial charge in [-0.3, -0.25) is 24.0 Å². The highest BCUT2D eigenvalue weighted by Gasteiger charge is 2.33. The number of aliphatic carboxylic acids is 2. The molecule has 0 saturated heterocycles. The number of carboxylic acid groups (broad SMARTS) is 2. The molecule has 1 aromatic heterocycles. The van der Waals surface area contributed by atoms with Gasteiger partial charge in [0, 0.05) is 29.9 Å². The van der Waals surface area contributed by atoms with Gasteiger partial charge in [-0.15, -0.1) is 0 Å². The second-order valence-corrected chi connectivity index (χ2v) is 12.0. The zero-order valence-electron chi connectivity index (χ0n) is 26.0. The van der Waals surface area contributed by atoms with Crippen LogP contribution in [0.25, 0.3) is 10.9 Å². The fraction of sp³-hybridized carbons (Fsp3) is 0.375. The van der Waals surface area contributed by atoms with Crippen LogP contribution in [0.3, 0.4) is 0 Å². The lowest BCUT2D eigenvalue weighted by Gasteiger charge is -2.26. The standard InChI is InChI=1S/C32H40N6O8S/c1-18(33)28(41)36-24(15-20-17-34-22-11-7-6-10-21(20)22)30(43)35-23(12-13-47-2)29(42)37-25(16-27(39)40)31(44)38-26(32(45)46)14-19-8-4-3-5-9-19/h3-11,17-18,23-26,34H,12-16,33H2,1-2H3,(H,35,43)(H,36,41)(H,37,42)(H,38,44)(H,39,40)(H,45,46)/t18-,23-,24-,25-,26-/m0/s1. The first-order valence-corrected chi connectivity index (χ1v) is 16.3. The van der Waals surface area contributed by atoms with E-state index in [0.717, 1.165) is 16.5 Å². The van der Waals surface area contributed by atoms with Crippen LogP contribution in [0.5, 0.6) is 0 Å². The minimum absolute atomic E-state index is 0.0627. The Kier molecular flexibility index (Phi) is 13.8. The van der Waals surface area contributed by atoms with Gasteiger partial charge < -0.3 is 42.2 Å². The minimum atomic E-state index is -1.65. The Morgan fingerprint density at radius 2 is 1.34 bits per heavy atom. The Hall–Kier alpha value is -4.89. The first kappa shape index (κ1) is 36.6. The Morgan fingerprint density at radius 3 is 1.98 bits per heavy atom. The molecule has 0 aliphatic rings. The van der Waals surface area contributed by atoms with Crippen molar-refractivity contribution in [3.05, 3.63) is 71.9 Å². The first-order valence-electron chi connectivity index (χ1n) is 14.9. The SMILES string of the molecule is CSCC[C@H](NC(=O)[C@H](Cc1c[nH]c2ccccc12)NC(=O)[C@H](C)N)C(=O)N[C@@H](CC(=O)O)C(=O)N[C@@H](Cc1ccccc1)C(=O)O. The summed E-state index contributed by atoms with van der Waals surface area (Å²) in [4.78, 5) is 79.5. The van der Waals surface area contributed by atoms with Crippen molar-refractivity contribution < 1.29 is 39.0 Å². The zero-order chi connectivity index (χ0) is 34.5. The Bertz CT molecular complexity index is 1560. The van der Waals surface area contributed by atoms with E-state index < -0.39 is 72.2 Å². The van der Waals surface area contributed by atoms with Gasteiger partial charge in [0.25, 0.3) is 0 Å². The number of carbonyl (C=O) groups is 6. The largest absolute Gasteiger partial charge is 0.481 e. The van der Waals surface area contributed by atoms with Gasteiger partial charge >= 0.3 is 11.9 Å². The lowest BCUT2D eigenvalue weighted by atomic mass is 10.0. The third kappa shape index (κ3) is 11.1. The van der Waals surface area contributed by atoms with Crippen molar-refractivity contribution in [1.82, 2.24) is 26.3 Å². The highest BCUT2D eigenvalue weighted by atomic mass is 32.2. The summed E-state index contributed by atoms with van der Waals surface area (Å²) in [6, 6.07) is 9.61. The Labute approximate surface area is 275 Å². The van der Waals surface area contributed by atoms with Gasteiger partial charge in [0.1, 0.15) is 24.2 Å². The fourth-order valence-corrected chi connectivity index (χ4v) is 5.26. The van der Waals surface area contributed by atoms with Gasteiger partial charge in [-0.1, -0.05) is 48.5 Å². The van der Waals surface area contributed by atoms with E-state index in [9.17, 15) is 39.0 Å². The van der Waals surface area contributed by atoms with Crippen LogP contribution in [0.4, 0.5) is 0 Å². The van der Waals surface area contributed by atoms with E-state index in [-0.39, 0.29) is 19.3 Å². The summed E-state index contributed by atoms with van der Waals surface area (Å²) in [6.07, 6.45) is 2.76.